The molecule has 0 N–H and O–H groups in total. The zero-order valence-electron chi connectivity index (χ0n) is 18.0. The summed E-state index contributed by atoms with van der Waals surface area (Å²) in [6, 6.07) is 15.3. The maximum atomic E-state index is 14.9. The summed E-state index contributed by atoms with van der Waals surface area (Å²) in [5.74, 6) is 0.745. The van der Waals surface area contributed by atoms with Crippen LogP contribution in [0, 0.1) is 5.82 Å². The van der Waals surface area contributed by atoms with Crippen LogP contribution in [0.1, 0.15) is 27.8 Å². The van der Waals surface area contributed by atoms with Crippen molar-refractivity contribution in [1.29, 1.82) is 0 Å². The smallest absolute Gasteiger partial charge is 0.416 e. The topological polar surface area (TPSA) is 21.5 Å². The lowest BCUT2D eigenvalue weighted by Crippen LogP contribution is -3.00. The van der Waals surface area contributed by atoms with E-state index >= 15 is 0 Å². The highest BCUT2D eigenvalue weighted by molar-refractivity contribution is 6.11. The summed E-state index contributed by atoms with van der Waals surface area (Å²) in [6.07, 6.45) is -3.71. The molecule has 1 aliphatic rings. The van der Waals surface area contributed by atoms with Crippen LogP contribution in [0.25, 0.3) is 0 Å². The highest BCUT2D eigenvalue weighted by atomic mass is 35.5. The maximum absolute atomic E-state index is 14.9. The summed E-state index contributed by atoms with van der Waals surface area (Å²) in [5, 5.41) is 0. The number of benzene rings is 3. The van der Waals surface area contributed by atoms with Crippen molar-refractivity contribution < 1.29 is 44.0 Å². The van der Waals surface area contributed by atoms with Gasteiger partial charge in [-0.2, -0.15) is 13.2 Å². The summed E-state index contributed by atoms with van der Waals surface area (Å²) in [6.45, 7) is 0.919. The van der Waals surface area contributed by atoms with Gasteiger partial charge in [0.2, 0.25) is 5.71 Å². The SMILES string of the molecule is COc1cc2c(cc1OC)C(c1ccccc1F)=[N+](Cc1ccc(C(F)(F)F)cc1)CC2.[Cl-]. The van der Waals surface area contributed by atoms with Crippen molar-refractivity contribution in [3.05, 3.63) is 94.3 Å². The maximum Gasteiger partial charge on any atom is 0.416 e. The average molecular weight is 480 g/mol. The number of nitrogens with zero attached hydrogens (tertiary/aromatic N) is 1. The van der Waals surface area contributed by atoms with Gasteiger partial charge in [-0.3, -0.25) is 0 Å². The molecule has 3 nitrogen and oxygen atoms in total. The van der Waals surface area contributed by atoms with Crippen molar-refractivity contribution in [1.82, 2.24) is 0 Å². The Morgan fingerprint density at radius 2 is 1.52 bits per heavy atom. The molecule has 0 radical (unpaired) electrons. The molecular weight excluding hydrogens is 458 g/mol. The molecule has 0 amide bonds. The number of hydrogen-bond donors (Lipinski definition) is 0. The zero-order chi connectivity index (χ0) is 22.9. The molecule has 0 unspecified atom stereocenters. The molecule has 0 saturated carbocycles. The first kappa shape index (κ1) is 24.6. The van der Waals surface area contributed by atoms with Crippen LogP contribution < -0.4 is 21.9 Å². The van der Waals surface area contributed by atoms with Crippen LogP contribution in [0.5, 0.6) is 11.5 Å². The van der Waals surface area contributed by atoms with Gasteiger partial charge in [0.15, 0.2) is 18.0 Å². The molecule has 33 heavy (non-hydrogen) atoms. The van der Waals surface area contributed by atoms with E-state index in [0.717, 1.165) is 23.3 Å². The van der Waals surface area contributed by atoms with Crippen LogP contribution in [0.3, 0.4) is 0 Å². The lowest BCUT2D eigenvalue weighted by atomic mass is 9.91. The van der Waals surface area contributed by atoms with Gasteiger partial charge in [0, 0.05) is 12.0 Å². The summed E-state index contributed by atoms with van der Waals surface area (Å²) in [5.41, 5.74) is 2.91. The fourth-order valence-electron chi connectivity index (χ4n) is 4.03. The molecule has 0 spiro atoms. The summed E-state index contributed by atoms with van der Waals surface area (Å²) in [4.78, 5) is 0. The second-order valence-electron chi connectivity index (χ2n) is 7.56. The van der Waals surface area contributed by atoms with E-state index in [9.17, 15) is 17.6 Å². The molecular formula is C25H22ClF4NO2. The van der Waals surface area contributed by atoms with Gasteiger partial charge in [-0.05, 0) is 42.0 Å². The molecule has 0 aromatic heterocycles. The number of hydrogen-bond acceptors (Lipinski definition) is 2. The summed E-state index contributed by atoms with van der Waals surface area (Å²) in [7, 11) is 3.10. The lowest BCUT2D eigenvalue weighted by molar-refractivity contribution is -0.544. The number of fused-ring (bicyclic) bond motifs is 1. The fraction of sp³-hybridized carbons (Fsp3) is 0.240. The molecule has 0 atom stereocenters. The Kier molecular flexibility index (Phi) is 7.32. The van der Waals surface area contributed by atoms with Crippen LogP contribution in [-0.4, -0.2) is 31.1 Å². The highest BCUT2D eigenvalue weighted by Gasteiger charge is 2.32. The van der Waals surface area contributed by atoms with E-state index in [1.54, 1.807) is 25.3 Å². The lowest BCUT2D eigenvalue weighted by Gasteiger charge is -2.21. The molecule has 1 aliphatic heterocycles. The Labute approximate surface area is 195 Å². The summed E-state index contributed by atoms with van der Waals surface area (Å²) >= 11 is 0. The van der Waals surface area contributed by atoms with Crippen LogP contribution >= 0.6 is 0 Å². The minimum Gasteiger partial charge on any atom is -1.00 e. The first-order valence-corrected chi connectivity index (χ1v) is 10.1. The Balaban J connectivity index is 0.00000306. The molecule has 0 bridgehead atoms. The van der Waals surface area contributed by atoms with Crippen molar-refractivity contribution in [3.63, 3.8) is 0 Å². The average Bonchev–Trinajstić information content (AvgIpc) is 2.78. The minimum atomic E-state index is -4.39. The van der Waals surface area contributed by atoms with Gasteiger partial charge in [0.1, 0.15) is 12.4 Å². The normalized spacial score (nSPS) is 13.3. The molecule has 3 aromatic carbocycles. The van der Waals surface area contributed by atoms with E-state index in [1.807, 2.05) is 16.7 Å². The molecule has 4 rings (SSSR count). The second kappa shape index (κ2) is 9.83. The van der Waals surface area contributed by atoms with Gasteiger partial charge in [-0.1, -0.05) is 24.3 Å². The standard InChI is InChI=1S/C25H22F4NO2.ClH/c1-31-22-13-17-11-12-30(15-16-7-9-18(10-8-16)25(27,28)29)24(20(17)14-23(22)32-2)19-5-3-4-6-21(19)26;/h3-10,13-14H,11-12,15H2,1-2H3;1H/q+1;/p-1. The van der Waals surface area contributed by atoms with Crippen LogP contribution in [-0.2, 0) is 19.1 Å². The predicted octanol–water partition coefficient (Wildman–Crippen LogP) is 2.47. The van der Waals surface area contributed by atoms with Crippen LogP contribution in [0.15, 0.2) is 60.7 Å². The predicted molar refractivity (Wildman–Crippen MR) is 113 cm³/mol. The summed E-state index contributed by atoms with van der Waals surface area (Å²) < 4.78 is 66.5. The van der Waals surface area contributed by atoms with Crippen molar-refractivity contribution >= 4 is 5.71 Å². The van der Waals surface area contributed by atoms with Gasteiger partial charge in [-0.15, -0.1) is 0 Å². The van der Waals surface area contributed by atoms with E-state index in [-0.39, 0.29) is 18.2 Å². The molecule has 1 heterocycles. The van der Waals surface area contributed by atoms with Crippen molar-refractivity contribution in [2.24, 2.45) is 0 Å². The van der Waals surface area contributed by atoms with E-state index < -0.39 is 11.7 Å². The Morgan fingerprint density at radius 3 is 2.12 bits per heavy atom. The molecule has 8 heteroatoms. The quantitative estimate of drug-likeness (QED) is 0.414. The minimum absolute atomic E-state index is 0. The fourth-order valence-corrected chi connectivity index (χ4v) is 4.03. The Morgan fingerprint density at radius 1 is 0.879 bits per heavy atom. The Bertz CT molecular complexity index is 1170. The van der Waals surface area contributed by atoms with E-state index in [2.05, 4.69) is 0 Å². The Hall–Kier alpha value is -3.06. The van der Waals surface area contributed by atoms with Crippen LogP contribution in [0.2, 0.25) is 0 Å². The first-order chi connectivity index (χ1) is 15.3. The van der Waals surface area contributed by atoms with E-state index in [4.69, 9.17) is 9.47 Å². The van der Waals surface area contributed by atoms with Gasteiger partial charge >= 0.3 is 6.18 Å². The third-order valence-electron chi connectivity index (χ3n) is 5.62. The van der Waals surface area contributed by atoms with Crippen molar-refractivity contribution in [3.8, 4) is 11.5 Å². The number of alkyl halides is 3. The number of methoxy groups -OCH3 is 2. The molecule has 3 aromatic rings. The number of ether oxygens (including phenoxy) is 2. The van der Waals surface area contributed by atoms with Gasteiger partial charge in [0.25, 0.3) is 0 Å². The van der Waals surface area contributed by atoms with Crippen molar-refractivity contribution in [2.75, 3.05) is 20.8 Å². The van der Waals surface area contributed by atoms with Gasteiger partial charge in [-0.25, -0.2) is 8.97 Å². The van der Waals surface area contributed by atoms with Crippen LogP contribution in [0.4, 0.5) is 17.6 Å². The second-order valence-corrected chi connectivity index (χ2v) is 7.56. The molecule has 174 valence electrons. The number of halogens is 5. The molecule has 0 aliphatic carbocycles. The highest BCUT2D eigenvalue weighted by Crippen LogP contribution is 2.34. The first-order valence-electron chi connectivity index (χ1n) is 10.1. The van der Waals surface area contributed by atoms with E-state index in [0.29, 0.717) is 47.8 Å². The number of rotatable bonds is 5. The largest absolute Gasteiger partial charge is 1.00 e. The molecule has 0 saturated heterocycles. The molecule has 0 fully saturated rings. The third-order valence-corrected chi connectivity index (χ3v) is 5.62. The zero-order valence-corrected chi connectivity index (χ0v) is 18.8. The van der Waals surface area contributed by atoms with Crippen molar-refractivity contribution in [2.45, 2.75) is 19.1 Å². The van der Waals surface area contributed by atoms with Gasteiger partial charge in [0.05, 0.1) is 30.9 Å². The third kappa shape index (κ3) is 4.98. The van der Waals surface area contributed by atoms with Gasteiger partial charge < -0.3 is 21.9 Å². The van der Waals surface area contributed by atoms with E-state index in [1.165, 1.54) is 25.3 Å². The monoisotopic (exact) mass is 479 g/mol.